The molecule has 0 saturated carbocycles. The number of nitrogens with one attached hydrogen (secondary N) is 2. The fourth-order valence-corrected chi connectivity index (χ4v) is 5.01. The molecule has 0 aromatic heterocycles. The van der Waals surface area contributed by atoms with Gasteiger partial charge in [-0.25, -0.2) is 0 Å². The van der Waals surface area contributed by atoms with Gasteiger partial charge >= 0.3 is 0 Å². The fraction of sp³-hybridized carbons (Fsp3) is 1.00. The van der Waals surface area contributed by atoms with Crippen molar-refractivity contribution < 1.29 is 0 Å². The minimum absolute atomic E-state index is 1.11. The van der Waals surface area contributed by atoms with Crippen molar-refractivity contribution in [1.29, 1.82) is 0 Å². The topological polar surface area (TPSA) is 24.1 Å². The van der Waals surface area contributed by atoms with Crippen LogP contribution in [0.2, 0.25) is 0 Å². The zero-order chi connectivity index (χ0) is 23.9. The molecule has 200 valence electrons. The molecule has 0 atom stereocenters. The van der Waals surface area contributed by atoms with E-state index in [0.29, 0.717) is 0 Å². The van der Waals surface area contributed by atoms with Crippen molar-refractivity contribution in [3.05, 3.63) is 0 Å². The maximum atomic E-state index is 3.17. The third kappa shape index (κ3) is 31.9. The van der Waals surface area contributed by atoms with Crippen LogP contribution in [0.5, 0.6) is 0 Å². The Morgan fingerprint density at radius 3 is 0.727 bits per heavy atom. The highest BCUT2D eigenvalue weighted by Crippen LogP contribution is 2.16. The molecule has 0 saturated heterocycles. The Bertz CT molecular complexity index is 288. The molecule has 0 aliphatic heterocycles. The van der Waals surface area contributed by atoms with Gasteiger partial charge in [0.2, 0.25) is 0 Å². The fourth-order valence-electron chi connectivity index (χ4n) is 5.01. The van der Waals surface area contributed by atoms with Crippen molar-refractivity contribution in [3.63, 3.8) is 0 Å². The number of unbranched alkanes of at least 4 members (excludes halogenated alkanes) is 27. The summed E-state index contributed by atoms with van der Waals surface area (Å²) in [7, 11) is 1.95. The van der Waals surface area contributed by atoms with Gasteiger partial charge in [0, 0.05) is 6.54 Å². The van der Waals surface area contributed by atoms with Crippen LogP contribution in [0.25, 0.3) is 0 Å². The first-order chi connectivity index (χ1) is 16.4. The molecular weight excluding hydrogens is 400 g/mol. The molecule has 0 amide bonds. The van der Waals surface area contributed by atoms with Crippen molar-refractivity contribution in [2.24, 2.45) is 0 Å². The van der Waals surface area contributed by atoms with E-state index in [2.05, 4.69) is 17.8 Å². The van der Waals surface area contributed by atoms with E-state index >= 15 is 0 Å². The molecule has 0 rings (SSSR count). The minimum atomic E-state index is 1.11. The van der Waals surface area contributed by atoms with Crippen LogP contribution in [-0.4, -0.2) is 13.6 Å². The molecule has 0 aromatic carbocycles. The second-order valence-corrected chi connectivity index (χ2v) is 10.7. The van der Waals surface area contributed by atoms with Crippen LogP contribution in [0.15, 0.2) is 0 Å². The maximum Gasteiger partial charge on any atom is 0.00996 e. The summed E-state index contributed by atoms with van der Waals surface area (Å²) in [5, 5.41) is 0. The molecular formula is C31H66N2. The summed E-state index contributed by atoms with van der Waals surface area (Å²) in [6.07, 6.45) is 41.0. The summed E-state index contributed by atoms with van der Waals surface area (Å²) in [5.74, 6) is 0. The third-order valence-electron chi connectivity index (χ3n) is 7.33. The molecule has 2 nitrogen and oxygen atoms in total. The highest BCUT2D eigenvalue weighted by atomic mass is 15.3. The molecule has 0 unspecified atom stereocenters. The molecule has 0 bridgehead atoms. The quantitative estimate of drug-likeness (QED) is 0.0812. The predicted molar refractivity (Wildman–Crippen MR) is 152 cm³/mol. The van der Waals surface area contributed by atoms with E-state index < -0.39 is 0 Å². The normalized spacial score (nSPS) is 11.5. The largest absolute Gasteiger partial charge is 0.261 e. The zero-order valence-corrected chi connectivity index (χ0v) is 23.5. The lowest BCUT2D eigenvalue weighted by Crippen LogP contribution is -2.28. The van der Waals surface area contributed by atoms with Crippen LogP contribution >= 0.6 is 0 Å². The lowest BCUT2D eigenvalue weighted by atomic mass is 10.0. The summed E-state index contributed by atoms with van der Waals surface area (Å²) in [6.45, 7) is 3.41. The highest BCUT2D eigenvalue weighted by molar-refractivity contribution is 4.52. The molecule has 0 aromatic rings. The average Bonchev–Trinajstić information content (AvgIpc) is 2.83. The lowest BCUT2D eigenvalue weighted by Gasteiger charge is -2.05. The third-order valence-corrected chi connectivity index (χ3v) is 7.33. The molecule has 0 aliphatic rings. The van der Waals surface area contributed by atoms with Crippen LogP contribution in [-0.2, 0) is 0 Å². The van der Waals surface area contributed by atoms with E-state index in [0.717, 1.165) is 6.54 Å². The summed E-state index contributed by atoms with van der Waals surface area (Å²) >= 11 is 0. The van der Waals surface area contributed by atoms with Crippen molar-refractivity contribution in [1.82, 2.24) is 10.9 Å². The van der Waals surface area contributed by atoms with Gasteiger partial charge in [-0.05, 0) is 13.5 Å². The molecule has 0 heterocycles. The van der Waals surface area contributed by atoms with Gasteiger partial charge in [-0.15, -0.1) is 0 Å². The lowest BCUT2D eigenvalue weighted by molar-refractivity contribution is 0.510. The minimum Gasteiger partial charge on any atom is -0.261 e. The molecule has 2 heteroatoms. The van der Waals surface area contributed by atoms with Crippen LogP contribution < -0.4 is 10.9 Å². The molecule has 0 spiro atoms. The SMILES string of the molecule is CCCCCCCCCCCCCCCCCCCCCCCCCCCCCCNNC. The molecule has 0 aliphatic carbocycles. The summed E-state index contributed by atoms with van der Waals surface area (Å²) in [4.78, 5) is 0. The van der Waals surface area contributed by atoms with E-state index in [-0.39, 0.29) is 0 Å². The first kappa shape index (κ1) is 32.9. The second kappa shape index (κ2) is 31.9. The first-order valence-corrected chi connectivity index (χ1v) is 15.8. The van der Waals surface area contributed by atoms with Crippen molar-refractivity contribution in [2.75, 3.05) is 13.6 Å². The van der Waals surface area contributed by atoms with Gasteiger partial charge in [0.15, 0.2) is 0 Å². The average molecular weight is 467 g/mol. The number of hydrazine groups is 1. The van der Waals surface area contributed by atoms with E-state index in [1.165, 1.54) is 180 Å². The van der Waals surface area contributed by atoms with Crippen LogP contribution in [0.4, 0.5) is 0 Å². The predicted octanol–water partition coefficient (Wildman–Crippen LogP) is 10.7. The molecule has 0 radical (unpaired) electrons. The van der Waals surface area contributed by atoms with Gasteiger partial charge in [-0.1, -0.05) is 180 Å². The van der Waals surface area contributed by atoms with E-state index in [1.807, 2.05) is 7.05 Å². The van der Waals surface area contributed by atoms with E-state index in [1.54, 1.807) is 0 Å². The Labute approximate surface area is 211 Å². The standard InChI is InChI=1S/C31H66N2/c1-3-4-5-6-7-8-9-10-11-12-13-14-15-16-17-18-19-20-21-22-23-24-25-26-27-28-29-30-31-33-32-2/h32-33H,3-31H2,1-2H3. The van der Waals surface area contributed by atoms with Crippen molar-refractivity contribution >= 4 is 0 Å². The first-order valence-electron chi connectivity index (χ1n) is 15.8. The molecule has 0 fully saturated rings. The van der Waals surface area contributed by atoms with Crippen LogP contribution in [0.3, 0.4) is 0 Å². The Morgan fingerprint density at radius 1 is 0.303 bits per heavy atom. The van der Waals surface area contributed by atoms with E-state index in [4.69, 9.17) is 0 Å². The van der Waals surface area contributed by atoms with Crippen molar-refractivity contribution in [2.45, 2.75) is 187 Å². The van der Waals surface area contributed by atoms with E-state index in [9.17, 15) is 0 Å². The summed E-state index contributed by atoms with van der Waals surface area (Å²) in [5.41, 5.74) is 6.16. The Kier molecular flexibility index (Phi) is 31.8. The number of hydrogen-bond donors (Lipinski definition) is 2. The number of rotatable bonds is 30. The van der Waals surface area contributed by atoms with Gasteiger partial charge < -0.3 is 0 Å². The van der Waals surface area contributed by atoms with Gasteiger partial charge in [0.05, 0.1) is 0 Å². The van der Waals surface area contributed by atoms with Gasteiger partial charge in [0.25, 0.3) is 0 Å². The van der Waals surface area contributed by atoms with Gasteiger partial charge in [-0.3, -0.25) is 10.9 Å². The smallest absolute Gasteiger partial charge is 0.00996 e. The van der Waals surface area contributed by atoms with Crippen molar-refractivity contribution in [3.8, 4) is 0 Å². The molecule has 2 N–H and O–H groups in total. The maximum absolute atomic E-state index is 3.17. The second-order valence-electron chi connectivity index (χ2n) is 10.7. The van der Waals surface area contributed by atoms with Crippen LogP contribution in [0, 0.1) is 0 Å². The molecule has 33 heavy (non-hydrogen) atoms. The summed E-state index contributed by atoms with van der Waals surface area (Å²) in [6, 6.07) is 0. The van der Waals surface area contributed by atoms with Gasteiger partial charge in [-0.2, -0.15) is 0 Å². The Hall–Kier alpha value is -0.0800. The Morgan fingerprint density at radius 2 is 0.515 bits per heavy atom. The zero-order valence-electron chi connectivity index (χ0n) is 23.5. The van der Waals surface area contributed by atoms with Gasteiger partial charge in [0.1, 0.15) is 0 Å². The highest BCUT2D eigenvalue weighted by Gasteiger charge is 1.96. The summed E-state index contributed by atoms with van der Waals surface area (Å²) < 4.78 is 0. The van der Waals surface area contributed by atoms with Crippen LogP contribution in [0.1, 0.15) is 187 Å². The monoisotopic (exact) mass is 467 g/mol. The Balaban J connectivity index is 2.99. The number of hydrogen-bond acceptors (Lipinski definition) is 2.